The molecule has 0 spiro atoms. The van der Waals surface area contributed by atoms with Crippen molar-refractivity contribution in [3.63, 3.8) is 0 Å². The van der Waals surface area contributed by atoms with Crippen LogP contribution in [0.5, 0.6) is 0 Å². The Bertz CT molecular complexity index is 943. The summed E-state index contributed by atoms with van der Waals surface area (Å²) in [4.78, 5) is 18.6. The third-order valence-electron chi connectivity index (χ3n) is 8.10. The summed E-state index contributed by atoms with van der Waals surface area (Å²) in [5.74, 6) is 0.253. The lowest BCUT2D eigenvalue weighted by Gasteiger charge is -2.41. The van der Waals surface area contributed by atoms with Gasteiger partial charge < -0.3 is 9.80 Å². The zero-order chi connectivity index (χ0) is 22.3. The number of fused-ring (bicyclic) bond motifs is 1. The number of rotatable bonds is 6. The van der Waals surface area contributed by atoms with Crippen LogP contribution in [0.1, 0.15) is 63.0 Å². The molecule has 0 aromatic heterocycles. The molecule has 176 valence electrons. The van der Waals surface area contributed by atoms with Gasteiger partial charge in [0, 0.05) is 44.2 Å². The Morgan fingerprint density at radius 3 is 2.25 bits per heavy atom. The van der Waals surface area contributed by atoms with E-state index in [9.17, 15) is 13.2 Å². The summed E-state index contributed by atoms with van der Waals surface area (Å²) in [7, 11) is -3.48. The third-order valence-corrected chi connectivity index (χ3v) is 10.00. The van der Waals surface area contributed by atoms with Crippen molar-refractivity contribution in [3.8, 4) is 0 Å². The highest BCUT2D eigenvalue weighted by molar-refractivity contribution is 7.89. The third kappa shape index (κ3) is 4.36. The summed E-state index contributed by atoms with van der Waals surface area (Å²) in [5.41, 5.74) is 2.48. The molecule has 4 aliphatic rings. The van der Waals surface area contributed by atoms with Gasteiger partial charge >= 0.3 is 0 Å². The van der Waals surface area contributed by atoms with Crippen LogP contribution in [0.3, 0.4) is 0 Å². The maximum Gasteiger partial charge on any atom is 0.243 e. The molecule has 2 saturated heterocycles. The molecular weight excluding hydrogens is 422 g/mol. The van der Waals surface area contributed by atoms with E-state index in [2.05, 4.69) is 16.7 Å². The normalized spacial score (nSPS) is 23.9. The van der Waals surface area contributed by atoms with Crippen LogP contribution in [0.15, 0.2) is 23.1 Å². The van der Waals surface area contributed by atoms with Gasteiger partial charge in [-0.3, -0.25) is 4.79 Å². The number of piperidine rings is 2. The number of nitrogens with zero attached hydrogens (tertiary/aromatic N) is 3. The van der Waals surface area contributed by atoms with Gasteiger partial charge in [-0.2, -0.15) is 4.31 Å². The minimum absolute atomic E-state index is 0.0359. The van der Waals surface area contributed by atoms with Gasteiger partial charge in [0.15, 0.2) is 0 Å². The molecule has 1 aromatic carbocycles. The highest BCUT2D eigenvalue weighted by atomic mass is 32.2. The molecule has 0 atom stereocenters. The number of hydrogen-bond donors (Lipinski definition) is 0. The van der Waals surface area contributed by atoms with Crippen LogP contribution in [0.4, 0.5) is 0 Å². The van der Waals surface area contributed by atoms with E-state index >= 15 is 0 Å². The second-order valence-corrected chi connectivity index (χ2v) is 12.0. The van der Waals surface area contributed by atoms with Crippen LogP contribution in [0.2, 0.25) is 0 Å². The Morgan fingerprint density at radius 2 is 1.59 bits per heavy atom. The van der Waals surface area contributed by atoms with Crippen molar-refractivity contribution >= 4 is 15.9 Å². The first-order valence-electron chi connectivity index (χ1n) is 12.6. The number of amides is 1. The van der Waals surface area contributed by atoms with Crippen molar-refractivity contribution in [2.75, 3.05) is 32.7 Å². The van der Waals surface area contributed by atoms with Crippen LogP contribution in [0, 0.1) is 5.92 Å². The van der Waals surface area contributed by atoms with Gasteiger partial charge in [-0.05, 0) is 87.6 Å². The lowest BCUT2D eigenvalue weighted by Crippen LogP contribution is -2.51. The first-order valence-corrected chi connectivity index (χ1v) is 14.1. The summed E-state index contributed by atoms with van der Waals surface area (Å²) >= 11 is 0. The minimum Gasteiger partial charge on any atom is -0.336 e. The SMILES string of the molecule is CCN1CCC(N(C(=O)C2CCN(S(=O)(=O)c3ccc4c(c3)CCC4)CC2)C2CC2)CC1. The topological polar surface area (TPSA) is 60.9 Å². The Morgan fingerprint density at radius 1 is 0.938 bits per heavy atom. The van der Waals surface area contributed by atoms with E-state index in [4.69, 9.17) is 0 Å². The average Bonchev–Trinajstić information content (AvgIpc) is 3.54. The van der Waals surface area contributed by atoms with Gasteiger partial charge in [-0.1, -0.05) is 13.0 Å². The second-order valence-electron chi connectivity index (χ2n) is 10.1. The fourth-order valence-electron chi connectivity index (χ4n) is 5.94. The molecule has 0 N–H and O–H groups in total. The molecule has 7 heteroatoms. The van der Waals surface area contributed by atoms with Crippen molar-refractivity contribution < 1.29 is 13.2 Å². The standard InChI is InChI=1S/C25H37N3O3S/c1-2-26-14-12-23(13-15-26)28(22-7-8-22)25(29)20-10-16-27(17-11-20)32(30,31)24-9-6-19-4-3-5-21(19)18-24/h6,9,18,20,22-23H,2-5,7-8,10-17H2,1H3. The molecule has 2 aliphatic carbocycles. The van der Waals surface area contributed by atoms with Crippen molar-refractivity contribution in [1.29, 1.82) is 0 Å². The van der Waals surface area contributed by atoms with Gasteiger partial charge in [0.2, 0.25) is 15.9 Å². The van der Waals surface area contributed by atoms with Crippen molar-refractivity contribution in [1.82, 2.24) is 14.1 Å². The summed E-state index contributed by atoms with van der Waals surface area (Å²) < 4.78 is 28.1. The lowest BCUT2D eigenvalue weighted by atomic mass is 9.94. The summed E-state index contributed by atoms with van der Waals surface area (Å²) in [5, 5.41) is 0. The van der Waals surface area contributed by atoms with Crippen LogP contribution >= 0.6 is 0 Å². The van der Waals surface area contributed by atoms with Crippen LogP contribution in [-0.4, -0.2) is 73.2 Å². The maximum absolute atomic E-state index is 13.5. The van der Waals surface area contributed by atoms with E-state index < -0.39 is 10.0 Å². The number of likely N-dealkylation sites (tertiary alicyclic amines) is 1. The van der Waals surface area contributed by atoms with Crippen LogP contribution in [-0.2, 0) is 27.7 Å². The number of aryl methyl sites for hydroxylation is 2. The van der Waals surface area contributed by atoms with Gasteiger partial charge in [-0.15, -0.1) is 0 Å². The van der Waals surface area contributed by atoms with Gasteiger partial charge in [0.25, 0.3) is 0 Å². The zero-order valence-corrected chi connectivity index (χ0v) is 20.2. The second kappa shape index (κ2) is 9.07. The molecule has 5 rings (SSSR count). The van der Waals surface area contributed by atoms with E-state index in [1.165, 1.54) is 11.1 Å². The predicted molar refractivity (Wildman–Crippen MR) is 125 cm³/mol. The predicted octanol–water partition coefficient (Wildman–Crippen LogP) is 3.05. The highest BCUT2D eigenvalue weighted by Gasteiger charge is 2.42. The largest absolute Gasteiger partial charge is 0.336 e. The van der Waals surface area contributed by atoms with E-state index in [1.54, 1.807) is 10.4 Å². The number of sulfonamides is 1. The smallest absolute Gasteiger partial charge is 0.243 e. The summed E-state index contributed by atoms with van der Waals surface area (Å²) in [6, 6.07) is 6.43. The molecule has 3 fully saturated rings. The Hall–Kier alpha value is -1.44. The molecule has 2 aliphatic heterocycles. The Kier molecular flexibility index (Phi) is 6.34. The fraction of sp³-hybridized carbons (Fsp3) is 0.720. The molecule has 1 amide bonds. The van der Waals surface area contributed by atoms with Gasteiger partial charge in [-0.25, -0.2) is 8.42 Å². The number of carbonyl (C=O) groups excluding carboxylic acids is 1. The lowest BCUT2D eigenvalue weighted by molar-refractivity contribution is -0.141. The number of hydrogen-bond acceptors (Lipinski definition) is 4. The summed E-state index contributed by atoms with van der Waals surface area (Å²) in [6.45, 7) is 6.34. The average molecular weight is 460 g/mol. The quantitative estimate of drug-likeness (QED) is 0.656. The molecule has 1 aromatic rings. The van der Waals surface area contributed by atoms with Crippen molar-refractivity contribution in [3.05, 3.63) is 29.3 Å². The van der Waals surface area contributed by atoms with E-state index in [0.29, 0.717) is 42.9 Å². The monoisotopic (exact) mass is 459 g/mol. The van der Waals surface area contributed by atoms with Crippen molar-refractivity contribution in [2.45, 2.75) is 81.7 Å². The Labute approximate surface area is 193 Å². The van der Waals surface area contributed by atoms with Crippen LogP contribution < -0.4 is 0 Å². The molecule has 0 bridgehead atoms. The molecule has 1 saturated carbocycles. The first-order chi connectivity index (χ1) is 15.5. The molecular formula is C25H37N3O3S. The molecule has 0 radical (unpaired) electrons. The zero-order valence-electron chi connectivity index (χ0n) is 19.3. The maximum atomic E-state index is 13.5. The molecule has 0 unspecified atom stereocenters. The minimum atomic E-state index is -3.48. The van der Waals surface area contributed by atoms with Crippen LogP contribution in [0.25, 0.3) is 0 Å². The Balaban J connectivity index is 1.22. The molecule has 6 nitrogen and oxygen atoms in total. The van der Waals surface area contributed by atoms with E-state index in [-0.39, 0.29) is 11.8 Å². The van der Waals surface area contributed by atoms with Gasteiger partial charge in [0.1, 0.15) is 0 Å². The molecule has 2 heterocycles. The van der Waals surface area contributed by atoms with E-state index in [0.717, 1.165) is 64.6 Å². The highest BCUT2D eigenvalue weighted by Crippen LogP contribution is 2.35. The van der Waals surface area contributed by atoms with Crippen molar-refractivity contribution in [2.24, 2.45) is 5.92 Å². The molecule has 32 heavy (non-hydrogen) atoms. The number of benzene rings is 1. The fourth-order valence-corrected chi connectivity index (χ4v) is 7.46. The summed E-state index contributed by atoms with van der Waals surface area (Å²) in [6.07, 6.45) is 8.82. The van der Waals surface area contributed by atoms with Gasteiger partial charge in [0.05, 0.1) is 4.90 Å². The van der Waals surface area contributed by atoms with E-state index in [1.807, 2.05) is 12.1 Å². The number of carbonyl (C=O) groups is 1. The first kappa shape index (κ1) is 22.4.